The van der Waals surface area contributed by atoms with E-state index in [-0.39, 0.29) is 11.6 Å². The van der Waals surface area contributed by atoms with Gasteiger partial charge in [-0.2, -0.15) is 0 Å². The molecular weight excluding hydrogens is 166 g/mol. The highest BCUT2D eigenvalue weighted by atomic mass is 16.1. The molecule has 1 N–H and O–H groups in total. The molecule has 1 heterocycles. The molecule has 4 nitrogen and oxygen atoms in total. The molecule has 0 fully saturated rings. The van der Waals surface area contributed by atoms with E-state index < -0.39 is 0 Å². The lowest BCUT2D eigenvalue weighted by molar-refractivity contribution is 0.100. The van der Waals surface area contributed by atoms with Gasteiger partial charge in [-0.1, -0.05) is 0 Å². The van der Waals surface area contributed by atoms with Gasteiger partial charge in [0.1, 0.15) is 0 Å². The van der Waals surface area contributed by atoms with Gasteiger partial charge in [-0.15, -0.1) is 0 Å². The number of aryl methyl sites for hydroxylation is 1. The van der Waals surface area contributed by atoms with Gasteiger partial charge in [-0.05, 0) is 14.0 Å². The van der Waals surface area contributed by atoms with Crippen molar-refractivity contribution >= 4 is 5.78 Å². The minimum Gasteiger partial charge on any atom is -0.316 e. The van der Waals surface area contributed by atoms with E-state index in [9.17, 15) is 4.79 Å². The second kappa shape index (κ2) is 4.09. The topological polar surface area (TPSA) is 54.9 Å². The summed E-state index contributed by atoms with van der Waals surface area (Å²) in [5.41, 5.74) is 1.88. The zero-order valence-corrected chi connectivity index (χ0v) is 8.09. The van der Waals surface area contributed by atoms with E-state index in [1.165, 1.54) is 6.92 Å². The van der Waals surface area contributed by atoms with Crippen LogP contribution in [0.25, 0.3) is 0 Å². The molecule has 70 valence electrons. The van der Waals surface area contributed by atoms with Gasteiger partial charge >= 0.3 is 0 Å². The maximum absolute atomic E-state index is 10.9. The molecule has 0 spiro atoms. The first kappa shape index (κ1) is 9.80. The third kappa shape index (κ3) is 2.32. The predicted molar refractivity (Wildman–Crippen MR) is 49.5 cm³/mol. The molecule has 1 aromatic rings. The second-order valence-corrected chi connectivity index (χ2v) is 2.89. The van der Waals surface area contributed by atoms with E-state index in [1.807, 2.05) is 14.0 Å². The summed E-state index contributed by atoms with van der Waals surface area (Å²) in [6.45, 7) is 4.07. The average Bonchev–Trinajstić information content (AvgIpc) is 2.08. The van der Waals surface area contributed by atoms with Gasteiger partial charge in [-0.3, -0.25) is 4.79 Å². The van der Waals surface area contributed by atoms with Crippen LogP contribution >= 0.6 is 0 Å². The van der Waals surface area contributed by atoms with Crippen LogP contribution in [0.3, 0.4) is 0 Å². The molecule has 4 heteroatoms. The summed E-state index contributed by atoms with van der Waals surface area (Å²) in [6, 6.07) is 0. The van der Waals surface area contributed by atoms with Gasteiger partial charge in [0.15, 0.2) is 11.6 Å². The van der Waals surface area contributed by atoms with Crippen LogP contribution in [0.4, 0.5) is 0 Å². The highest BCUT2D eigenvalue weighted by molar-refractivity contribution is 5.90. The summed E-state index contributed by atoms with van der Waals surface area (Å²) in [4.78, 5) is 19.0. The monoisotopic (exact) mass is 179 g/mol. The lowest BCUT2D eigenvalue weighted by Crippen LogP contribution is -2.10. The van der Waals surface area contributed by atoms with Crippen molar-refractivity contribution in [2.75, 3.05) is 7.05 Å². The summed E-state index contributed by atoms with van der Waals surface area (Å²) >= 11 is 0. The summed E-state index contributed by atoms with van der Waals surface area (Å²) in [5, 5.41) is 3.01. The highest BCUT2D eigenvalue weighted by Crippen LogP contribution is 2.03. The van der Waals surface area contributed by atoms with Crippen molar-refractivity contribution in [3.63, 3.8) is 0 Å². The lowest BCUT2D eigenvalue weighted by Gasteiger charge is -2.03. The lowest BCUT2D eigenvalue weighted by atomic mass is 10.2. The molecule has 0 unspecified atom stereocenters. The molecule has 0 aromatic carbocycles. The van der Waals surface area contributed by atoms with Gasteiger partial charge in [-0.25, -0.2) is 9.97 Å². The van der Waals surface area contributed by atoms with Crippen LogP contribution < -0.4 is 5.32 Å². The van der Waals surface area contributed by atoms with Gasteiger partial charge in [0.25, 0.3) is 0 Å². The Bertz CT molecular complexity index is 323. The second-order valence-electron chi connectivity index (χ2n) is 2.89. The van der Waals surface area contributed by atoms with E-state index in [1.54, 1.807) is 6.20 Å². The molecule has 1 aromatic heterocycles. The molecule has 0 saturated heterocycles. The fraction of sp³-hybridized carbons (Fsp3) is 0.444. The molecule has 13 heavy (non-hydrogen) atoms. The number of ketones is 1. The van der Waals surface area contributed by atoms with Crippen LogP contribution in [0.15, 0.2) is 6.20 Å². The molecule has 0 amide bonds. The van der Waals surface area contributed by atoms with Crippen molar-refractivity contribution < 1.29 is 4.79 Å². The first-order valence-corrected chi connectivity index (χ1v) is 4.13. The Kier molecular flexibility index (Phi) is 3.08. The Morgan fingerprint density at radius 2 is 2.31 bits per heavy atom. The molecule has 0 radical (unpaired) electrons. The number of hydrogen-bond donors (Lipinski definition) is 1. The molecule has 0 atom stereocenters. The zero-order valence-electron chi connectivity index (χ0n) is 8.09. The fourth-order valence-electron chi connectivity index (χ4n) is 1.03. The third-order valence-corrected chi connectivity index (χ3v) is 1.76. The van der Waals surface area contributed by atoms with Crippen molar-refractivity contribution in [2.45, 2.75) is 20.4 Å². The maximum Gasteiger partial charge on any atom is 0.196 e. The van der Waals surface area contributed by atoms with Crippen molar-refractivity contribution in [1.29, 1.82) is 0 Å². The van der Waals surface area contributed by atoms with Gasteiger partial charge in [0.2, 0.25) is 0 Å². The van der Waals surface area contributed by atoms with Crippen molar-refractivity contribution in [1.82, 2.24) is 15.3 Å². The standard InChI is InChI=1S/C9H13N3O/c1-6-8(4-10-3)5-11-9(12-6)7(2)13/h5,10H,4H2,1-3H3. The van der Waals surface area contributed by atoms with E-state index in [4.69, 9.17) is 0 Å². The Balaban J connectivity index is 2.98. The molecule has 1 rings (SSSR count). The quantitative estimate of drug-likeness (QED) is 0.694. The summed E-state index contributed by atoms with van der Waals surface area (Å²) in [7, 11) is 1.86. The van der Waals surface area contributed by atoms with E-state index >= 15 is 0 Å². The van der Waals surface area contributed by atoms with Gasteiger partial charge in [0.05, 0.1) is 0 Å². The minimum atomic E-state index is -0.0980. The number of carbonyl (C=O) groups is 1. The predicted octanol–water partition coefficient (Wildman–Crippen LogP) is 0.707. The number of Topliss-reactive ketones (excluding diaryl/α,β-unsaturated/α-hetero) is 1. The number of nitrogens with zero attached hydrogens (tertiary/aromatic N) is 2. The number of nitrogens with one attached hydrogen (secondary N) is 1. The summed E-state index contributed by atoms with van der Waals surface area (Å²) in [6.07, 6.45) is 1.69. The average molecular weight is 179 g/mol. The zero-order chi connectivity index (χ0) is 9.84. The summed E-state index contributed by atoms with van der Waals surface area (Å²) < 4.78 is 0. The Labute approximate surface area is 77.4 Å². The van der Waals surface area contributed by atoms with Crippen molar-refractivity contribution in [3.05, 3.63) is 23.3 Å². The van der Waals surface area contributed by atoms with Crippen LogP contribution in [0.5, 0.6) is 0 Å². The smallest absolute Gasteiger partial charge is 0.196 e. The van der Waals surface area contributed by atoms with Crippen molar-refractivity contribution in [3.8, 4) is 0 Å². The molecule has 0 aliphatic carbocycles. The van der Waals surface area contributed by atoms with Gasteiger partial charge < -0.3 is 5.32 Å². The van der Waals surface area contributed by atoms with Crippen LogP contribution in [0.2, 0.25) is 0 Å². The fourth-order valence-corrected chi connectivity index (χ4v) is 1.03. The molecule has 0 saturated carbocycles. The van der Waals surface area contributed by atoms with Crippen molar-refractivity contribution in [2.24, 2.45) is 0 Å². The van der Waals surface area contributed by atoms with E-state index in [2.05, 4.69) is 15.3 Å². The largest absolute Gasteiger partial charge is 0.316 e. The van der Waals surface area contributed by atoms with Crippen LogP contribution in [-0.4, -0.2) is 22.8 Å². The number of aromatic nitrogens is 2. The first-order valence-electron chi connectivity index (χ1n) is 4.13. The maximum atomic E-state index is 10.9. The Morgan fingerprint density at radius 1 is 1.62 bits per heavy atom. The Morgan fingerprint density at radius 3 is 2.77 bits per heavy atom. The number of rotatable bonds is 3. The first-order chi connectivity index (χ1) is 6.15. The van der Waals surface area contributed by atoms with Crippen LogP contribution in [0, 0.1) is 6.92 Å². The van der Waals surface area contributed by atoms with Gasteiger partial charge in [0, 0.05) is 30.9 Å². The molecular formula is C9H13N3O. The normalized spacial score (nSPS) is 10.1. The highest BCUT2D eigenvalue weighted by Gasteiger charge is 2.05. The SMILES string of the molecule is CNCc1cnc(C(C)=O)nc1C. The Hall–Kier alpha value is -1.29. The summed E-state index contributed by atoms with van der Waals surface area (Å²) in [5.74, 6) is 0.191. The minimum absolute atomic E-state index is 0.0980. The third-order valence-electron chi connectivity index (χ3n) is 1.76. The van der Waals surface area contributed by atoms with E-state index in [0.717, 1.165) is 17.8 Å². The molecule has 0 aliphatic rings. The number of hydrogen-bond acceptors (Lipinski definition) is 4. The van der Waals surface area contributed by atoms with E-state index in [0.29, 0.717) is 0 Å². The molecule has 0 bridgehead atoms. The van der Waals surface area contributed by atoms with Crippen LogP contribution in [-0.2, 0) is 6.54 Å². The molecule has 0 aliphatic heterocycles. The number of carbonyl (C=O) groups excluding carboxylic acids is 1. The van der Waals surface area contributed by atoms with Crippen LogP contribution in [0.1, 0.15) is 28.8 Å².